The molecule has 1 N–H and O–H groups in total. The third kappa shape index (κ3) is 7.60. The molecule has 0 spiro atoms. The number of sulfonamides is 1. The van der Waals surface area contributed by atoms with E-state index in [0.29, 0.717) is 47.5 Å². The van der Waals surface area contributed by atoms with E-state index in [2.05, 4.69) is 25.0 Å². The molecule has 0 aliphatic carbocycles. The predicted molar refractivity (Wildman–Crippen MR) is 218 cm³/mol. The van der Waals surface area contributed by atoms with Crippen LogP contribution in [-0.4, -0.2) is 84.4 Å². The highest BCUT2D eigenvalue weighted by atomic mass is 32.2. The van der Waals surface area contributed by atoms with Crippen molar-refractivity contribution in [3.8, 4) is 17.5 Å². The van der Waals surface area contributed by atoms with Gasteiger partial charge in [-0.15, -0.1) is 13.2 Å². The second-order valence-electron chi connectivity index (χ2n) is 15.0. The van der Waals surface area contributed by atoms with Crippen molar-refractivity contribution in [1.29, 1.82) is 5.26 Å². The molecule has 9 rings (SSSR count). The van der Waals surface area contributed by atoms with Crippen LogP contribution in [-0.2, 0) is 29.5 Å². The Hall–Kier alpha value is -7.11. The molecule has 4 aromatic heterocycles. The molecule has 20 heteroatoms. The molecule has 0 radical (unpaired) electrons. The minimum Gasteiger partial charge on any atom is -0.406 e. The number of fused-ring (bicyclic) bond motifs is 4. The van der Waals surface area contributed by atoms with E-state index in [-0.39, 0.29) is 54.8 Å². The molecular weight excluding hydrogens is 833 g/mol. The van der Waals surface area contributed by atoms with Crippen LogP contribution in [0.5, 0.6) is 5.75 Å². The van der Waals surface area contributed by atoms with Gasteiger partial charge in [0, 0.05) is 53.7 Å². The van der Waals surface area contributed by atoms with E-state index in [1.54, 1.807) is 47.5 Å². The van der Waals surface area contributed by atoms with Crippen LogP contribution in [0.1, 0.15) is 45.2 Å². The molecule has 0 unspecified atom stereocenters. The van der Waals surface area contributed by atoms with Gasteiger partial charge >= 0.3 is 12.1 Å². The van der Waals surface area contributed by atoms with Crippen molar-refractivity contribution in [2.75, 3.05) is 31.2 Å². The molecule has 1 atom stereocenters. The SMILES string of the molecule is CS(=O)(=O)N1CC[C@H](n2c(=O)n(-c3ccc(C(=O)N4CCc5c(n(Cc6ccc(C#N)cc6F)c6ncccc56)C4)cc3)c3cnc(Nc4ccc(OC(F)(F)F)cc4)nc32)C1. The molecule has 62 heavy (non-hydrogen) atoms. The van der Waals surface area contributed by atoms with Crippen LogP contribution >= 0.6 is 0 Å². The lowest BCUT2D eigenvalue weighted by atomic mass is 10.0. The standard InChI is InChI=1S/C42H34F4N10O5S/c1-62(59,60)53-18-14-30(23-53)56-38-35(21-49-40(51-38)50-28-8-12-31(13-9-28)61-42(44,45)46)55(41(56)58)29-10-6-26(7-11-29)39(57)52-17-15-32-33-3-2-16-48-37(33)54(36(32)24-52)22-27-5-4-25(20-47)19-34(27)43/h2-13,16,19,21,30H,14-15,17-18,22-24H2,1H3,(H,49,50,51)/t30-/m0/s1. The molecule has 15 nitrogen and oxygen atoms in total. The zero-order valence-corrected chi connectivity index (χ0v) is 33.5. The first kappa shape index (κ1) is 40.3. The first-order valence-electron chi connectivity index (χ1n) is 19.3. The molecule has 316 valence electrons. The fourth-order valence-electron chi connectivity index (χ4n) is 8.19. The van der Waals surface area contributed by atoms with Crippen LogP contribution in [0.15, 0.2) is 96.1 Å². The van der Waals surface area contributed by atoms with Gasteiger partial charge in [-0.1, -0.05) is 6.07 Å². The van der Waals surface area contributed by atoms with Crippen molar-refractivity contribution in [3.63, 3.8) is 0 Å². The average Bonchev–Trinajstić information content (AvgIpc) is 3.94. The maximum Gasteiger partial charge on any atom is 0.573 e. The van der Waals surface area contributed by atoms with Crippen LogP contribution in [0.3, 0.4) is 0 Å². The normalized spacial score (nSPS) is 15.8. The number of carbonyl (C=O) groups excluding carboxylic acids is 1. The van der Waals surface area contributed by atoms with Crippen molar-refractivity contribution < 1.29 is 35.5 Å². The van der Waals surface area contributed by atoms with E-state index in [1.807, 2.05) is 22.8 Å². The van der Waals surface area contributed by atoms with Crippen molar-refractivity contribution in [2.24, 2.45) is 0 Å². The fourth-order valence-corrected chi connectivity index (χ4v) is 9.07. The number of alkyl halides is 3. The van der Waals surface area contributed by atoms with Gasteiger partial charge in [0.1, 0.15) is 22.7 Å². The smallest absolute Gasteiger partial charge is 0.406 e. The number of anilines is 2. The van der Waals surface area contributed by atoms with Crippen LogP contribution in [0.4, 0.5) is 29.2 Å². The van der Waals surface area contributed by atoms with Crippen molar-refractivity contribution >= 4 is 49.8 Å². The lowest BCUT2D eigenvalue weighted by molar-refractivity contribution is -0.274. The Balaban J connectivity index is 1.01. The van der Waals surface area contributed by atoms with E-state index in [1.165, 1.54) is 37.8 Å². The first-order chi connectivity index (χ1) is 29.6. The van der Waals surface area contributed by atoms with Gasteiger partial charge in [-0.05, 0) is 91.2 Å². The summed E-state index contributed by atoms with van der Waals surface area (Å²) in [5.74, 6) is -1.19. The van der Waals surface area contributed by atoms with Crippen molar-refractivity contribution in [3.05, 3.63) is 136 Å². The van der Waals surface area contributed by atoms with Gasteiger partial charge in [0.15, 0.2) is 5.65 Å². The third-order valence-corrected chi connectivity index (χ3v) is 12.4. The third-order valence-electron chi connectivity index (χ3n) is 11.1. The summed E-state index contributed by atoms with van der Waals surface area (Å²) in [5, 5.41) is 13.1. The molecule has 0 saturated carbocycles. The van der Waals surface area contributed by atoms with Crippen LogP contribution in [0.2, 0.25) is 0 Å². The summed E-state index contributed by atoms with van der Waals surface area (Å²) in [5.41, 5.74) is 4.09. The summed E-state index contributed by atoms with van der Waals surface area (Å²) >= 11 is 0. The summed E-state index contributed by atoms with van der Waals surface area (Å²) < 4.78 is 88.0. The van der Waals surface area contributed by atoms with Gasteiger partial charge in [-0.25, -0.2) is 31.9 Å². The van der Waals surface area contributed by atoms with Crippen LogP contribution < -0.4 is 15.7 Å². The Morgan fingerprint density at radius 3 is 2.48 bits per heavy atom. The quantitative estimate of drug-likeness (QED) is 0.169. The summed E-state index contributed by atoms with van der Waals surface area (Å²) in [6, 6.07) is 20.9. The first-order valence-corrected chi connectivity index (χ1v) is 21.1. The van der Waals surface area contributed by atoms with Gasteiger partial charge in [0.25, 0.3) is 5.91 Å². The number of nitriles is 1. The Labute approximate surface area is 350 Å². The number of benzene rings is 3. The molecule has 1 saturated heterocycles. The number of nitrogens with one attached hydrogen (secondary N) is 1. The fraction of sp³-hybridized carbons (Fsp3) is 0.238. The molecule has 3 aromatic carbocycles. The number of imidazole rings is 1. The number of aromatic nitrogens is 6. The highest BCUT2D eigenvalue weighted by Gasteiger charge is 2.34. The summed E-state index contributed by atoms with van der Waals surface area (Å²) in [6.07, 6.45) is 0.164. The van der Waals surface area contributed by atoms with Crippen LogP contribution in [0.25, 0.3) is 27.9 Å². The summed E-state index contributed by atoms with van der Waals surface area (Å²) in [7, 11) is -3.57. The van der Waals surface area contributed by atoms with Crippen LogP contribution in [0, 0.1) is 17.1 Å². The monoisotopic (exact) mass is 866 g/mol. The molecule has 1 fully saturated rings. The maximum absolute atomic E-state index is 15.1. The zero-order chi connectivity index (χ0) is 43.5. The molecule has 6 heterocycles. The average molecular weight is 867 g/mol. The van der Waals surface area contributed by atoms with Gasteiger partial charge in [0.2, 0.25) is 16.0 Å². The second kappa shape index (κ2) is 15.4. The number of ether oxygens (including phenoxy) is 1. The highest BCUT2D eigenvalue weighted by Crippen LogP contribution is 2.33. The van der Waals surface area contributed by atoms with E-state index >= 15 is 4.39 Å². The van der Waals surface area contributed by atoms with Gasteiger partial charge in [-0.2, -0.15) is 10.2 Å². The Morgan fingerprint density at radius 2 is 1.79 bits per heavy atom. The van der Waals surface area contributed by atoms with E-state index < -0.39 is 39.7 Å². The Morgan fingerprint density at radius 1 is 1.02 bits per heavy atom. The van der Waals surface area contributed by atoms with E-state index in [4.69, 9.17) is 0 Å². The van der Waals surface area contributed by atoms with Crippen molar-refractivity contribution in [1.82, 2.24) is 37.9 Å². The number of hydrogen-bond donors (Lipinski definition) is 1. The molecule has 0 bridgehead atoms. The summed E-state index contributed by atoms with van der Waals surface area (Å²) in [6.45, 7) is 0.978. The summed E-state index contributed by atoms with van der Waals surface area (Å²) in [4.78, 5) is 43.8. The lowest BCUT2D eigenvalue weighted by Crippen LogP contribution is -2.36. The number of rotatable bonds is 9. The maximum atomic E-state index is 15.1. The topological polar surface area (TPSA) is 173 Å². The largest absolute Gasteiger partial charge is 0.573 e. The minimum absolute atomic E-state index is 0.0215. The second-order valence-corrected chi connectivity index (χ2v) is 17.0. The molecule has 7 aromatic rings. The zero-order valence-electron chi connectivity index (χ0n) is 32.7. The van der Waals surface area contributed by atoms with E-state index in [0.717, 1.165) is 35.0 Å². The number of carbonyl (C=O) groups is 1. The molecule has 2 aliphatic heterocycles. The number of pyridine rings is 1. The Kier molecular flexibility index (Phi) is 10.0. The molecule has 2 aliphatic rings. The minimum atomic E-state index is -4.86. The van der Waals surface area contributed by atoms with Gasteiger partial charge in [-0.3, -0.25) is 13.9 Å². The Bertz CT molecular complexity index is 3120. The van der Waals surface area contributed by atoms with Gasteiger partial charge < -0.3 is 19.5 Å². The van der Waals surface area contributed by atoms with Crippen molar-refractivity contribution in [2.45, 2.75) is 38.3 Å². The lowest BCUT2D eigenvalue weighted by Gasteiger charge is -2.29. The highest BCUT2D eigenvalue weighted by molar-refractivity contribution is 7.88. The van der Waals surface area contributed by atoms with E-state index in [9.17, 15) is 36.4 Å². The molecule has 1 amide bonds. The number of halogens is 4. The number of amides is 1. The molecular formula is C42H34F4N10O5S. The number of nitrogens with zero attached hydrogens (tertiary/aromatic N) is 9. The number of hydrogen-bond acceptors (Lipinski definition) is 10. The predicted octanol–water partition coefficient (Wildman–Crippen LogP) is 6.04. The van der Waals surface area contributed by atoms with Gasteiger partial charge in [0.05, 0.1) is 48.9 Å².